The SMILES string of the molecule is c1ccc(-c2cccc(N(c3ccc4c(c3)sc3ccccc34)c3ccccc3-c3cccc(-c4cccc5ccccc45)c3)c2)cc1. The third-order valence-corrected chi connectivity index (χ3v) is 10.4. The lowest BCUT2D eigenvalue weighted by molar-refractivity contribution is 1.29. The third-order valence-electron chi connectivity index (χ3n) is 9.25. The molecule has 8 aromatic carbocycles. The molecule has 0 aliphatic rings. The second kappa shape index (κ2) is 12.0. The number of hydrogen-bond acceptors (Lipinski definition) is 2. The first-order valence-corrected chi connectivity index (χ1v) is 17.2. The minimum absolute atomic E-state index is 1.12. The van der Waals surface area contributed by atoms with Crippen molar-refractivity contribution in [2.75, 3.05) is 4.90 Å². The number of benzene rings is 8. The number of hydrogen-bond donors (Lipinski definition) is 0. The molecule has 0 aliphatic heterocycles. The van der Waals surface area contributed by atoms with Crippen LogP contribution < -0.4 is 4.90 Å². The summed E-state index contributed by atoms with van der Waals surface area (Å²) in [6, 6.07) is 68.2. The lowest BCUT2D eigenvalue weighted by atomic mass is 9.94. The highest BCUT2D eigenvalue weighted by Crippen LogP contribution is 2.45. The maximum absolute atomic E-state index is 2.43. The summed E-state index contributed by atoms with van der Waals surface area (Å²) in [4.78, 5) is 2.43. The van der Waals surface area contributed by atoms with E-state index in [0.717, 1.165) is 17.1 Å². The van der Waals surface area contributed by atoms with Crippen LogP contribution >= 0.6 is 11.3 Å². The largest absolute Gasteiger partial charge is 0.310 e. The molecule has 1 aromatic heterocycles. The van der Waals surface area contributed by atoms with Crippen LogP contribution in [0.15, 0.2) is 188 Å². The van der Waals surface area contributed by atoms with Crippen molar-refractivity contribution in [2.45, 2.75) is 0 Å². The minimum Gasteiger partial charge on any atom is -0.310 e. The molecular formula is C46H31NS. The van der Waals surface area contributed by atoms with Crippen molar-refractivity contribution in [3.05, 3.63) is 188 Å². The van der Waals surface area contributed by atoms with Gasteiger partial charge in [0.25, 0.3) is 0 Å². The molecule has 0 radical (unpaired) electrons. The summed E-state index contributed by atoms with van der Waals surface area (Å²) >= 11 is 1.86. The number of nitrogens with zero attached hydrogens (tertiary/aromatic N) is 1. The predicted octanol–water partition coefficient (Wildman–Crippen LogP) is 13.7. The highest BCUT2D eigenvalue weighted by Gasteiger charge is 2.19. The Kier molecular flexibility index (Phi) is 7.07. The Morgan fingerprint density at radius 1 is 0.333 bits per heavy atom. The van der Waals surface area contributed by atoms with Crippen LogP contribution in [0.1, 0.15) is 0 Å². The van der Waals surface area contributed by atoms with Crippen LogP contribution in [-0.2, 0) is 0 Å². The van der Waals surface area contributed by atoms with E-state index in [2.05, 4.69) is 193 Å². The molecule has 0 aliphatic carbocycles. The summed E-state index contributed by atoms with van der Waals surface area (Å²) in [5, 5.41) is 5.13. The second-order valence-corrected chi connectivity index (χ2v) is 13.2. The lowest BCUT2D eigenvalue weighted by Crippen LogP contribution is -2.11. The minimum atomic E-state index is 1.12. The van der Waals surface area contributed by atoms with E-state index in [1.165, 1.54) is 64.3 Å². The van der Waals surface area contributed by atoms with Crippen molar-refractivity contribution in [3.63, 3.8) is 0 Å². The number of rotatable bonds is 6. The summed E-state index contributed by atoms with van der Waals surface area (Å²) in [5.74, 6) is 0. The van der Waals surface area contributed by atoms with E-state index in [1.54, 1.807) is 0 Å². The van der Waals surface area contributed by atoms with Crippen molar-refractivity contribution in [1.29, 1.82) is 0 Å². The fourth-order valence-electron chi connectivity index (χ4n) is 6.98. The molecule has 226 valence electrons. The lowest BCUT2D eigenvalue weighted by Gasteiger charge is -2.28. The summed E-state index contributed by atoms with van der Waals surface area (Å²) in [6.07, 6.45) is 0. The van der Waals surface area contributed by atoms with Crippen LogP contribution in [0.4, 0.5) is 17.1 Å². The molecule has 0 amide bonds. The van der Waals surface area contributed by atoms with E-state index in [-0.39, 0.29) is 0 Å². The average Bonchev–Trinajstić information content (AvgIpc) is 3.53. The van der Waals surface area contributed by atoms with Crippen LogP contribution in [-0.4, -0.2) is 0 Å². The molecule has 0 saturated carbocycles. The fourth-order valence-corrected chi connectivity index (χ4v) is 8.12. The number of thiophene rings is 1. The number of fused-ring (bicyclic) bond motifs is 4. The predicted molar refractivity (Wildman–Crippen MR) is 208 cm³/mol. The molecule has 0 fully saturated rings. The molecule has 1 nitrogen and oxygen atoms in total. The zero-order chi connectivity index (χ0) is 31.9. The van der Waals surface area contributed by atoms with Gasteiger partial charge in [-0.25, -0.2) is 0 Å². The molecule has 0 N–H and O–H groups in total. The van der Waals surface area contributed by atoms with Gasteiger partial charge in [0.2, 0.25) is 0 Å². The van der Waals surface area contributed by atoms with Gasteiger partial charge in [0, 0.05) is 37.1 Å². The van der Waals surface area contributed by atoms with Crippen LogP contribution in [0.2, 0.25) is 0 Å². The molecule has 1 heterocycles. The van der Waals surface area contributed by atoms with Gasteiger partial charge in [-0.2, -0.15) is 0 Å². The molecular weight excluding hydrogens is 599 g/mol. The first-order chi connectivity index (χ1) is 23.8. The number of para-hydroxylation sites is 1. The van der Waals surface area contributed by atoms with E-state index in [9.17, 15) is 0 Å². The zero-order valence-corrected chi connectivity index (χ0v) is 27.1. The van der Waals surface area contributed by atoms with Crippen molar-refractivity contribution in [2.24, 2.45) is 0 Å². The van der Waals surface area contributed by atoms with Crippen molar-refractivity contribution in [3.8, 4) is 33.4 Å². The van der Waals surface area contributed by atoms with Gasteiger partial charge in [0.05, 0.1) is 5.69 Å². The Balaban J connectivity index is 1.24. The van der Waals surface area contributed by atoms with Crippen molar-refractivity contribution < 1.29 is 0 Å². The Morgan fingerprint density at radius 3 is 1.85 bits per heavy atom. The monoisotopic (exact) mass is 629 g/mol. The van der Waals surface area contributed by atoms with E-state index < -0.39 is 0 Å². The quantitative estimate of drug-likeness (QED) is 0.177. The molecule has 0 saturated heterocycles. The Bertz CT molecular complexity index is 2570. The van der Waals surface area contributed by atoms with Crippen LogP contribution in [0.5, 0.6) is 0 Å². The fraction of sp³-hybridized carbons (Fsp3) is 0. The van der Waals surface area contributed by atoms with E-state index in [1.807, 2.05) is 11.3 Å². The third kappa shape index (κ3) is 5.04. The van der Waals surface area contributed by atoms with Gasteiger partial charge in [-0.1, -0.05) is 146 Å². The molecule has 2 heteroatoms. The molecule has 0 atom stereocenters. The first kappa shape index (κ1) is 28.3. The molecule has 9 rings (SSSR count). The van der Waals surface area contributed by atoms with Gasteiger partial charge in [0.15, 0.2) is 0 Å². The van der Waals surface area contributed by atoms with Gasteiger partial charge < -0.3 is 4.90 Å². The summed E-state index contributed by atoms with van der Waals surface area (Å²) in [5.41, 5.74) is 10.6. The van der Waals surface area contributed by atoms with Crippen LogP contribution in [0, 0.1) is 0 Å². The Morgan fingerprint density at radius 2 is 0.938 bits per heavy atom. The topological polar surface area (TPSA) is 3.24 Å². The van der Waals surface area contributed by atoms with E-state index in [0.29, 0.717) is 0 Å². The first-order valence-electron chi connectivity index (χ1n) is 16.3. The van der Waals surface area contributed by atoms with Gasteiger partial charge >= 0.3 is 0 Å². The molecule has 0 bridgehead atoms. The Hall–Kier alpha value is -5.96. The van der Waals surface area contributed by atoms with Crippen LogP contribution in [0.3, 0.4) is 0 Å². The molecule has 48 heavy (non-hydrogen) atoms. The summed E-state index contributed by atoms with van der Waals surface area (Å²) in [6.45, 7) is 0. The molecule has 9 aromatic rings. The molecule has 0 unspecified atom stereocenters. The summed E-state index contributed by atoms with van der Waals surface area (Å²) in [7, 11) is 0. The highest BCUT2D eigenvalue weighted by atomic mass is 32.1. The average molecular weight is 630 g/mol. The van der Waals surface area contributed by atoms with Crippen molar-refractivity contribution >= 4 is 59.3 Å². The Labute approximate surface area is 284 Å². The van der Waals surface area contributed by atoms with Gasteiger partial charge in [-0.3, -0.25) is 0 Å². The zero-order valence-electron chi connectivity index (χ0n) is 26.3. The normalized spacial score (nSPS) is 11.3. The smallest absolute Gasteiger partial charge is 0.0540 e. The highest BCUT2D eigenvalue weighted by molar-refractivity contribution is 7.25. The molecule has 0 spiro atoms. The number of anilines is 3. The van der Waals surface area contributed by atoms with E-state index >= 15 is 0 Å². The van der Waals surface area contributed by atoms with Gasteiger partial charge in [0.1, 0.15) is 0 Å². The van der Waals surface area contributed by atoms with E-state index in [4.69, 9.17) is 0 Å². The summed E-state index contributed by atoms with van der Waals surface area (Å²) < 4.78 is 2.60. The standard InChI is InChI=1S/C46H31NS/c1-2-13-32(14-3-1)34-17-11-20-37(30-34)47(38-27-28-43-42-23-7-9-26-45(42)48-46(43)31-38)44-25-8-6-22-41(44)36-19-10-18-35(29-36)40-24-12-16-33-15-4-5-21-39(33)40/h1-31H. The van der Waals surface area contributed by atoms with Gasteiger partial charge in [-0.05, 0) is 81.1 Å². The van der Waals surface area contributed by atoms with Crippen molar-refractivity contribution in [1.82, 2.24) is 0 Å². The van der Waals surface area contributed by atoms with Crippen LogP contribution in [0.25, 0.3) is 64.3 Å². The maximum atomic E-state index is 2.43. The van der Waals surface area contributed by atoms with Gasteiger partial charge in [-0.15, -0.1) is 11.3 Å². The second-order valence-electron chi connectivity index (χ2n) is 12.2. The maximum Gasteiger partial charge on any atom is 0.0540 e.